The normalized spacial score (nSPS) is 28.0. The van der Waals surface area contributed by atoms with Gasteiger partial charge in [0, 0.05) is 13.1 Å². The summed E-state index contributed by atoms with van der Waals surface area (Å²) >= 11 is 0. The smallest absolute Gasteiger partial charge is 0.164 e. The lowest BCUT2D eigenvalue weighted by Gasteiger charge is -1.81. The number of sulfone groups is 2. The summed E-state index contributed by atoms with van der Waals surface area (Å²) in [5, 5.41) is 5.45. The minimum absolute atomic E-state index is 0.174. The maximum Gasteiger partial charge on any atom is 0.164 e. The van der Waals surface area contributed by atoms with Crippen LogP contribution in [0.1, 0.15) is 0 Å². The van der Waals surface area contributed by atoms with Gasteiger partial charge in [0.1, 0.15) is 0 Å². The molecule has 0 atom stereocenters. The van der Waals surface area contributed by atoms with Gasteiger partial charge in [0.05, 0.1) is 23.3 Å². The molecule has 0 aliphatic carbocycles. The van der Waals surface area contributed by atoms with Crippen molar-refractivity contribution in [3.63, 3.8) is 0 Å². The Bertz CT molecular complexity index is 311. The molecule has 2 aliphatic heterocycles. The van der Waals surface area contributed by atoms with Gasteiger partial charge in [-0.2, -0.15) is 0 Å². The molecular formula is C6H14N2O4S2. The van der Waals surface area contributed by atoms with Crippen LogP contribution in [-0.4, -0.2) is 53.2 Å². The van der Waals surface area contributed by atoms with E-state index in [0.29, 0.717) is 24.6 Å². The van der Waals surface area contributed by atoms with Crippen molar-refractivity contribution in [1.29, 1.82) is 0 Å². The Kier molecular flexibility index (Phi) is 3.87. The average Bonchev–Trinajstić information content (AvgIpc) is 2.60. The zero-order valence-corrected chi connectivity index (χ0v) is 9.33. The van der Waals surface area contributed by atoms with E-state index in [-0.39, 0.29) is 11.8 Å². The fraction of sp³-hybridized carbons (Fsp3) is 1.00. The number of nitrogens with one attached hydrogen (secondary N) is 2. The van der Waals surface area contributed by atoms with E-state index in [2.05, 4.69) is 10.6 Å². The van der Waals surface area contributed by atoms with Crippen molar-refractivity contribution in [3.8, 4) is 0 Å². The van der Waals surface area contributed by atoms with Gasteiger partial charge in [-0.3, -0.25) is 0 Å². The fourth-order valence-corrected chi connectivity index (χ4v) is 3.17. The van der Waals surface area contributed by atoms with Crippen molar-refractivity contribution >= 4 is 19.7 Å². The lowest BCUT2D eigenvalue weighted by molar-refractivity contribution is 0.600. The van der Waals surface area contributed by atoms with Crippen molar-refractivity contribution in [2.45, 2.75) is 0 Å². The Balaban J connectivity index is 0.000000140. The second-order valence-electron chi connectivity index (χ2n) is 3.18. The molecule has 0 radical (unpaired) electrons. The first kappa shape index (κ1) is 11.9. The predicted octanol–water partition coefficient (Wildman–Crippen LogP) is -2.08. The van der Waals surface area contributed by atoms with Crippen LogP contribution in [0.2, 0.25) is 0 Å². The molecule has 14 heavy (non-hydrogen) atoms. The third-order valence-corrected chi connectivity index (χ3v) is 4.76. The molecule has 0 bridgehead atoms. The third-order valence-electron chi connectivity index (χ3n) is 1.82. The van der Waals surface area contributed by atoms with Gasteiger partial charge in [-0.15, -0.1) is 0 Å². The zero-order valence-electron chi connectivity index (χ0n) is 7.69. The van der Waals surface area contributed by atoms with Gasteiger partial charge in [0.2, 0.25) is 0 Å². The second-order valence-corrected chi connectivity index (χ2v) is 7.55. The van der Waals surface area contributed by atoms with E-state index in [9.17, 15) is 16.8 Å². The molecule has 2 aliphatic rings. The van der Waals surface area contributed by atoms with E-state index in [0.717, 1.165) is 0 Å². The van der Waals surface area contributed by atoms with Crippen LogP contribution in [0, 0.1) is 0 Å². The molecule has 2 rings (SSSR count). The lowest BCUT2D eigenvalue weighted by Crippen LogP contribution is -2.07. The van der Waals surface area contributed by atoms with Crippen molar-refractivity contribution in [3.05, 3.63) is 0 Å². The number of hydrogen-bond donors (Lipinski definition) is 2. The molecule has 0 aromatic carbocycles. The molecular weight excluding hydrogens is 228 g/mol. The third kappa shape index (κ3) is 4.36. The van der Waals surface area contributed by atoms with E-state index in [4.69, 9.17) is 0 Å². The summed E-state index contributed by atoms with van der Waals surface area (Å²) in [4.78, 5) is 0. The van der Waals surface area contributed by atoms with Crippen LogP contribution in [0.5, 0.6) is 0 Å². The molecule has 84 valence electrons. The van der Waals surface area contributed by atoms with Gasteiger partial charge >= 0.3 is 0 Å². The first-order valence-corrected chi connectivity index (χ1v) is 7.88. The van der Waals surface area contributed by atoms with Crippen LogP contribution in [0.15, 0.2) is 0 Å². The van der Waals surface area contributed by atoms with Crippen LogP contribution >= 0.6 is 0 Å². The summed E-state index contributed by atoms with van der Waals surface area (Å²) < 4.78 is 41.5. The highest BCUT2D eigenvalue weighted by atomic mass is 32.2. The maximum atomic E-state index is 10.4. The molecule has 6 nitrogen and oxygen atoms in total. The van der Waals surface area contributed by atoms with E-state index in [1.165, 1.54) is 0 Å². The van der Waals surface area contributed by atoms with Gasteiger partial charge < -0.3 is 10.6 Å². The van der Waals surface area contributed by atoms with Crippen LogP contribution in [0.4, 0.5) is 0 Å². The highest BCUT2D eigenvalue weighted by molar-refractivity contribution is 7.91. The molecule has 0 aromatic heterocycles. The van der Waals surface area contributed by atoms with Crippen LogP contribution in [0.25, 0.3) is 0 Å². The molecule has 0 saturated carbocycles. The van der Waals surface area contributed by atoms with E-state index < -0.39 is 19.7 Å². The molecule has 0 aromatic rings. The molecule has 8 heteroatoms. The minimum atomic E-state index is -2.66. The number of rotatable bonds is 0. The maximum absolute atomic E-state index is 10.4. The second kappa shape index (κ2) is 4.56. The monoisotopic (exact) mass is 242 g/mol. The van der Waals surface area contributed by atoms with E-state index in [1.807, 2.05) is 0 Å². The number of hydrogen-bond acceptors (Lipinski definition) is 6. The average molecular weight is 242 g/mol. The summed E-state index contributed by atoms with van der Waals surface area (Å²) in [5.74, 6) is 0.972. The van der Waals surface area contributed by atoms with Gasteiger partial charge in [0.15, 0.2) is 19.7 Å². The first-order chi connectivity index (χ1) is 6.41. The Labute approximate surface area is 83.9 Å². The molecule has 0 amide bonds. The van der Waals surface area contributed by atoms with Gasteiger partial charge in [-0.05, 0) is 0 Å². The molecule has 0 spiro atoms. The largest absolute Gasteiger partial charge is 0.303 e. The summed E-state index contributed by atoms with van der Waals surface area (Å²) in [6.07, 6.45) is 0. The van der Waals surface area contributed by atoms with E-state index in [1.54, 1.807) is 0 Å². The van der Waals surface area contributed by atoms with Crippen molar-refractivity contribution in [1.82, 2.24) is 10.6 Å². The molecule has 2 heterocycles. The topological polar surface area (TPSA) is 92.3 Å². The Morgan fingerprint density at radius 3 is 1.14 bits per heavy atom. The standard InChI is InChI=1S/2C3H7NO2S/c2*5-7(6)2-1-4-3-7/h2*4H,1-3H2. The van der Waals surface area contributed by atoms with Crippen molar-refractivity contribution in [2.75, 3.05) is 36.3 Å². The molecule has 2 N–H and O–H groups in total. The van der Waals surface area contributed by atoms with E-state index >= 15 is 0 Å². The summed E-state index contributed by atoms with van der Waals surface area (Å²) in [5.41, 5.74) is 0. The van der Waals surface area contributed by atoms with Gasteiger partial charge in [-0.1, -0.05) is 0 Å². The Morgan fingerprint density at radius 1 is 0.714 bits per heavy atom. The van der Waals surface area contributed by atoms with Crippen LogP contribution in [-0.2, 0) is 19.7 Å². The SMILES string of the molecule is O=S1(=O)CCNC1.O=S1(=O)CCNC1. The lowest BCUT2D eigenvalue weighted by atomic mass is 10.8. The van der Waals surface area contributed by atoms with Crippen molar-refractivity contribution < 1.29 is 16.8 Å². The van der Waals surface area contributed by atoms with Crippen molar-refractivity contribution in [2.24, 2.45) is 0 Å². The summed E-state index contributed by atoms with van der Waals surface area (Å²) in [6.45, 7) is 1.25. The highest BCUT2D eigenvalue weighted by Gasteiger charge is 2.15. The summed E-state index contributed by atoms with van der Waals surface area (Å²) in [6, 6.07) is 0. The van der Waals surface area contributed by atoms with Crippen LogP contribution in [0.3, 0.4) is 0 Å². The predicted molar refractivity (Wildman–Crippen MR) is 53.3 cm³/mol. The van der Waals surface area contributed by atoms with Gasteiger partial charge in [0.25, 0.3) is 0 Å². The minimum Gasteiger partial charge on any atom is -0.303 e. The first-order valence-electron chi connectivity index (χ1n) is 4.24. The molecule has 0 unspecified atom stereocenters. The fourth-order valence-electron chi connectivity index (χ4n) is 1.06. The zero-order chi connectivity index (χ0) is 10.7. The quantitative estimate of drug-likeness (QED) is 0.507. The summed E-state index contributed by atoms with van der Waals surface area (Å²) in [7, 11) is -5.31. The molecule has 2 saturated heterocycles. The highest BCUT2D eigenvalue weighted by Crippen LogP contribution is 1.92. The molecule has 2 fully saturated rings. The van der Waals surface area contributed by atoms with Crippen LogP contribution < -0.4 is 10.6 Å². The van der Waals surface area contributed by atoms with Gasteiger partial charge in [-0.25, -0.2) is 16.8 Å². The Hall–Kier alpha value is -0.180. The Morgan fingerprint density at radius 2 is 1.07 bits per heavy atom.